The zero-order valence-electron chi connectivity index (χ0n) is 24.1. The summed E-state index contributed by atoms with van der Waals surface area (Å²) in [6, 6.07) is 20.4. The van der Waals surface area contributed by atoms with E-state index in [4.69, 9.17) is 82.9 Å². The van der Waals surface area contributed by atoms with E-state index < -0.39 is 11.3 Å². The van der Waals surface area contributed by atoms with Crippen molar-refractivity contribution in [1.82, 2.24) is 0 Å². The van der Waals surface area contributed by atoms with Crippen LogP contribution < -0.4 is 16.9 Å². The number of hydrogen-bond donors (Lipinski definition) is 2. The van der Waals surface area contributed by atoms with Crippen molar-refractivity contribution in [3.05, 3.63) is 146 Å². The summed E-state index contributed by atoms with van der Waals surface area (Å²) in [5.41, 5.74) is 1.35. The van der Waals surface area contributed by atoms with Gasteiger partial charge in [-0.15, -0.1) is 0 Å². The summed E-state index contributed by atoms with van der Waals surface area (Å²) in [5, 5.41) is 22.2. The molecule has 0 saturated heterocycles. The lowest BCUT2D eigenvalue weighted by atomic mass is 10.00. The van der Waals surface area contributed by atoms with Crippen LogP contribution in [-0.4, -0.2) is 10.2 Å². The van der Waals surface area contributed by atoms with Crippen LogP contribution in [-0.2, 0) is 0 Å². The normalized spacial score (nSPS) is 10.8. The summed E-state index contributed by atoms with van der Waals surface area (Å²) in [6.07, 6.45) is 0. The molecule has 3 aromatic heterocycles. The molecule has 0 saturated carbocycles. The number of hydrogen-bond acceptors (Lipinski definition) is 8. The second-order valence-corrected chi connectivity index (χ2v) is 12.4. The van der Waals surface area contributed by atoms with Gasteiger partial charge in [-0.25, -0.2) is 14.4 Å². The molecule has 0 spiro atoms. The van der Waals surface area contributed by atoms with E-state index in [2.05, 4.69) is 0 Å². The molecule has 0 bridgehead atoms. The van der Waals surface area contributed by atoms with Gasteiger partial charge >= 0.3 is 16.9 Å². The molecule has 0 unspecified atom stereocenters. The van der Waals surface area contributed by atoms with Crippen LogP contribution in [0.1, 0.15) is 5.56 Å². The van der Waals surface area contributed by atoms with Crippen molar-refractivity contribution in [2.75, 3.05) is 0 Å². The fourth-order valence-corrected chi connectivity index (χ4v) is 5.76. The highest BCUT2D eigenvalue weighted by molar-refractivity contribution is 6.43. The minimum Gasteiger partial charge on any atom is -0.507 e. The van der Waals surface area contributed by atoms with E-state index in [9.17, 15) is 24.6 Å². The van der Waals surface area contributed by atoms with E-state index in [1.54, 1.807) is 12.1 Å². The third kappa shape index (κ3) is 7.60. The van der Waals surface area contributed by atoms with Gasteiger partial charge in [-0.3, -0.25) is 0 Å². The van der Waals surface area contributed by atoms with Crippen LogP contribution in [0.2, 0.25) is 30.1 Å². The average Bonchev–Trinajstić information content (AvgIpc) is 3.01. The molecule has 0 aliphatic heterocycles. The number of halogens is 6. The molecule has 0 fully saturated rings. The Morgan fingerprint density at radius 3 is 1.69 bits per heavy atom. The van der Waals surface area contributed by atoms with Gasteiger partial charge in [0.2, 0.25) is 0 Å². The highest BCUT2D eigenvalue weighted by Gasteiger charge is 2.15. The molecule has 0 amide bonds. The predicted molar refractivity (Wildman–Crippen MR) is 191 cm³/mol. The summed E-state index contributed by atoms with van der Waals surface area (Å²) in [7, 11) is 0. The highest BCUT2D eigenvalue weighted by atomic mass is 35.5. The first-order valence-electron chi connectivity index (χ1n) is 13.4. The molecule has 4 aromatic carbocycles. The van der Waals surface area contributed by atoms with Crippen molar-refractivity contribution in [2.45, 2.75) is 6.92 Å². The van der Waals surface area contributed by atoms with Gasteiger partial charge in [-0.05, 0) is 42.3 Å². The van der Waals surface area contributed by atoms with Crippen LogP contribution in [0.5, 0.6) is 11.5 Å². The molecular weight excluding hydrogens is 749 g/mol. The minimum absolute atomic E-state index is 0.140. The molecule has 0 aliphatic carbocycles. The van der Waals surface area contributed by atoms with Crippen LogP contribution in [0.3, 0.4) is 0 Å². The molecule has 244 valence electrons. The second kappa shape index (κ2) is 14.5. The Morgan fingerprint density at radius 1 is 0.542 bits per heavy atom. The van der Waals surface area contributed by atoms with Crippen molar-refractivity contribution >= 4 is 103 Å². The lowest BCUT2D eigenvalue weighted by Crippen LogP contribution is -2.05. The lowest BCUT2D eigenvalue weighted by molar-refractivity contribution is 0.467. The van der Waals surface area contributed by atoms with Gasteiger partial charge in [0.25, 0.3) is 0 Å². The van der Waals surface area contributed by atoms with Crippen LogP contribution in [0.25, 0.3) is 44.0 Å². The quantitative estimate of drug-likeness (QED) is 0.158. The van der Waals surface area contributed by atoms with Crippen LogP contribution in [0, 0.1) is 6.92 Å². The molecule has 0 atom stereocenters. The van der Waals surface area contributed by atoms with Gasteiger partial charge in [0, 0.05) is 22.5 Å². The van der Waals surface area contributed by atoms with Crippen LogP contribution in [0.4, 0.5) is 0 Å². The number of aromatic hydroxyl groups is 2. The predicted octanol–water partition coefficient (Wildman–Crippen LogP) is 10.7. The van der Waals surface area contributed by atoms with Crippen molar-refractivity contribution in [3.8, 4) is 22.6 Å². The van der Waals surface area contributed by atoms with E-state index >= 15 is 0 Å². The Hall–Kier alpha value is -4.15. The van der Waals surface area contributed by atoms with Gasteiger partial charge in [-0.2, -0.15) is 0 Å². The first-order valence-corrected chi connectivity index (χ1v) is 15.7. The van der Waals surface area contributed by atoms with Gasteiger partial charge < -0.3 is 23.5 Å². The molecule has 7 rings (SSSR count). The molecular formula is C34H18Cl6O8. The summed E-state index contributed by atoms with van der Waals surface area (Å²) in [5.74, 6) is -0.365. The number of aryl methyl sites for hydroxylation is 1. The van der Waals surface area contributed by atoms with Crippen LogP contribution >= 0.6 is 69.6 Å². The van der Waals surface area contributed by atoms with Gasteiger partial charge in [0.15, 0.2) is 5.58 Å². The molecule has 0 radical (unpaired) electrons. The van der Waals surface area contributed by atoms with Crippen molar-refractivity contribution in [1.29, 1.82) is 0 Å². The largest absolute Gasteiger partial charge is 0.507 e. The number of benzene rings is 4. The average molecular weight is 767 g/mol. The fraction of sp³-hybridized carbons (Fsp3) is 0.0294. The lowest BCUT2D eigenvalue weighted by Gasteiger charge is -2.08. The first-order chi connectivity index (χ1) is 22.7. The van der Waals surface area contributed by atoms with Crippen molar-refractivity contribution < 1.29 is 23.5 Å². The Labute approximate surface area is 299 Å². The first kappa shape index (κ1) is 35.2. The van der Waals surface area contributed by atoms with Crippen LogP contribution in [0.15, 0.2) is 106 Å². The summed E-state index contributed by atoms with van der Waals surface area (Å²) in [6.45, 7) is 1.88. The Kier molecular flexibility index (Phi) is 10.7. The topological polar surface area (TPSA) is 131 Å². The summed E-state index contributed by atoms with van der Waals surface area (Å²) in [4.78, 5) is 34.0. The Bertz CT molecular complexity index is 2520. The van der Waals surface area contributed by atoms with E-state index in [0.29, 0.717) is 42.0 Å². The number of fused-ring (bicyclic) bond motifs is 3. The fourth-order valence-electron chi connectivity index (χ4n) is 4.60. The summed E-state index contributed by atoms with van der Waals surface area (Å²) >= 11 is 35.0. The van der Waals surface area contributed by atoms with Crippen molar-refractivity contribution in [3.63, 3.8) is 0 Å². The molecule has 3 heterocycles. The Morgan fingerprint density at radius 2 is 1.06 bits per heavy atom. The van der Waals surface area contributed by atoms with E-state index in [1.165, 1.54) is 24.3 Å². The number of rotatable bonds is 1. The second-order valence-electron chi connectivity index (χ2n) is 9.95. The monoisotopic (exact) mass is 764 g/mol. The van der Waals surface area contributed by atoms with E-state index in [0.717, 1.165) is 28.6 Å². The van der Waals surface area contributed by atoms with Crippen molar-refractivity contribution in [2.24, 2.45) is 0 Å². The minimum atomic E-state index is -0.653. The standard InChI is InChI=1S/C16H10Cl2O2.2C9H4Cl2O3/c1-9-11-7-12(17)13(18)8-14(11)20-16(19)15(9)10-5-3-2-4-6-10;10-5-1-4-7(12)3-9(13)14-8(4)2-6(5)11;10-4-1-5-7(12)3-8(13)14-9(5)6(11)2-4/h2-8H,1H3;2*1-3,12H. The molecule has 2 N–H and O–H groups in total. The third-order valence-electron chi connectivity index (χ3n) is 6.78. The molecule has 14 heteroatoms. The third-order valence-corrected chi connectivity index (χ3v) is 8.72. The molecule has 7 aromatic rings. The smallest absolute Gasteiger partial charge is 0.344 e. The maximum atomic E-state index is 12.2. The zero-order chi connectivity index (χ0) is 34.9. The molecule has 8 nitrogen and oxygen atoms in total. The SMILES string of the molecule is Cc1c(-c2ccccc2)c(=O)oc2cc(Cl)c(Cl)cc12.O=c1cc(O)c2cc(Cl)c(Cl)cc2o1.O=c1cc(O)c2cc(Cl)cc(Cl)c2o1. The molecule has 0 aliphatic rings. The van der Waals surface area contributed by atoms with E-state index in [-0.39, 0.29) is 38.3 Å². The Balaban J connectivity index is 0.000000145. The maximum Gasteiger partial charge on any atom is 0.344 e. The zero-order valence-corrected chi connectivity index (χ0v) is 28.7. The summed E-state index contributed by atoms with van der Waals surface area (Å²) < 4.78 is 15.0. The maximum absolute atomic E-state index is 12.2. The van der Waals surface area contributed by atoms with Gasteiger partial charge in [-0.1, -0.05) is 99.9 Å². The molecule has 48 heavy (non-hydrogen) atoms. The highest BCUT2D eigenvalue weighted by Crippen LogP contribution is 2.34. The van der Waals surface area contributed by atoms with Gasteiger partial charge in [0.05, 0.1) is 53.6 Å². The van der Waals surface area contributed by atoms with E-state index in [1.807, 2.05) is 37.3 Å². The van der Waals surface area contributed by atoms with Gasteiger partial charge in [0.1, 0.15) is 22.7 Å².